The maximum atomic E-state index is 4.14. The Bertz CT molecular complexity index is 3690. The number of aryl methyl sites for hydroxylation is 1. The van der Waals surface area contributed by atoms with Gasteiger partial charge in [-0.1, -0.05) is 184 Å². The average Bonchev–Trinajstić information content (AvgIpc) is 3.98. The lowest BCUT2D eigenvalue weighted by Gasteiger charge is -2.36. The second-order valence-electron chi connectivity index (χ2n) is 17.6. The van der Waals surface area contributed by atoms with Crippen LogP contribution in [0.1, 0.15) is 55.6 Å². The maximum Gasteiger partial charge on any atom is 0.0711 e. The Morgan fingerprint density at radius 1 is 0.522 bits per heavy atom. The molecule has 2 aromatic heterocycles. The third kappa shape index (κ3) is 6.49. The fraction of sp³-hybridized carbons (Fsp3) is 0.0909. The average molecular weight is 890 g/mol. The molecule has 10 aromatic rings. The van der Waals surface area contributed by atoms with E-state index in [2.05, 4.69) is 266 Å². The van der Waals surface area contributed by atoms with Gasteiger partial charge in [0, 0.05) is 50.2 Å². The zero-order chi connectivity index (χ0) is 47.2. The minimum absolute atomic E-state index is 0.682. The Kier molecular flexibility index (Phi) is 11.1. The van der Waals surface area contributed by atoms with Crippen molar-refractivity contribution in [1.29, 1.82) is 0 Å². The number of rotatable bonds is 8. The summed E-state index contributed by atoms with van der Waals surface area (Å²) in [6, 6.07) is 71.8. The van der Waals surface area contributed by atoms with Gasteiger partial charge in [0.2, 0.25) is 0 Å². The van der Waals surface area contributed by atoms with Crippen LogP contribution < -0.4 is 4.90 Å². The Labute approximate surface area is 406 Å². The van der Waals surface area contributed by atoms with Crippen molar-refractivity contribution in [1.82, 2.24) is 9.13 Å². The van der Waals surface area contributed by atoms with Crippen LogP contribution in [0.4, 0.5) is 17.1 Å². The number of para-hydroxylation sites is 5. The first-order chi connectivity index (χ1) is 34.1. The first-order valence-electron chi connectivity index (χ1n) is 24.3. The number of benzene rings is 8. The molecule has 1 aliphatic heterocycles. The number of allylic oxidation sites excluding steroid dienone is 6. The molecule has 0 saturated heterocycles. The standard InChI is InChI=1S/C64H49N3.C2H6/c1-5-8-24-44(7-3)64(45-25-11-9-12-26-45)55-41-47(65-57(23-6-2)43(4)49-29-15-19-33-58(49)65)37-39-50(55)51-40-38-48(42-56(51)64)66-59-34-20-16-30-52(59)62-53-31-17-21-35-60(53)67(46-27-13-10-14-28-46)63(62)54-32-18-22-36-61(54)66;1-2/h5-42H,1H2,2-4H3;1-2H3/b23-6-,24-8-,44-7+;. The van der Waals surface area contributed by atoms with Crippen molar-refractivity contribution in [2.45, 2.75) is 40.0 Å². The van der Waals surface area contributed by atoms with Crippen molar-refractivity contribution in [2.24, 2.45) is 0 Å². The summed E-state index contributed by atoms with van der Waals surface area (Å²) in [4.78, 5) is 2.51. The molecule has 69 heavy (non-hydrogen) atoms. The summed E-state index contributed by atoms with van der Waals surface area (Å²) in [7, 11) is 0. The van der Waals surface area contributed by atoms with Crippen LogP contribution in [0.15, 0.2) is 237 Å². The molecule has 1 atom stereocenters. The van der Waals surface area contributed by atoms with Crippen molar-refractivity contribution in [3.05, 3.63) is 265 Å². The summed E-state index contributed by atoms with van der Waals surface area (Å²) in [5.41, 5.74) is 21.9. The molecule has 3 nitrogen and oxygen atoms in total. The van der Waals surface area contributed by atoms with Gasteiger partial charge in [0.15, 0.2) is 0 Å². The van der Waals surface area contributed by atoms with E-state index in [1.807, 2.05) is 19.9 Å². The van der Waals surface area contributed by atoms with Crippen LogP contribution in [-0.2, 0) is 5.41 Å². The lowest BCUT2D eigenvalue weighted by Crippen LogP contribution is -2.29. The predicted molar refractivity (Wildman–Crippen MR) is 295 cm³/mol. The third-order valence-electron chi connectivity index (χ3n) is 14.2. The second kappa shape index (κ2) is 17.7. The minimum Gasteiger partial charge on any atom is -0.310 e. The first-order valence-corrected chi connectivity index (χ1v) is 24.3. The van der Waals surface area contributed by atoms with Gasteiger partial charge in [0.05, 0.1) is 33.5 Å². The molecular weight excluding hydrogens is 835 g/mol. The summed E-state index contributed by atoms with van der Waals surface area (Å²) in [6.07, 6.45) is 12.9. The van der Waals surface area contributed by atoms with E-state index in [1.165, 1.54) is 88.8 Å². The highest BCUT2D eigenvalue weighted by Crippen LogP contribution is 2.60. The SMILES string of the molecule is C=C/C=C\C(=C/C)C1(c2ccccc2)c2cc(N3c4ccccc4-c4c(n(-c5ccccc5)c5ccccc45)-c4ccccc43)ccc2-c2ccc(-n3c(/C=C\C)c(C)c4ccccc43)cc21.CC. The van der Waals surface area contributed by atoms with Crippen LogP contribution in [-0.4, -0.2) is 9.13 Å². The van der Waals surface area contributed by atoms with Crippen molar-refractivity contribution in [3.8, 4) is 44.9 Å². The Balaban J connectivity index is 0.00000257. The van der Waals surface area contributed by atoms with Gasteiger partial charge in [-0.05, 0) is 126 Å². The molecule has 0 radical (unpaired) electrons. The third-order valence-corrected chi connectivity index (χ3v) is 14.2. The molecule has 0 fully saturated rings. The second-order valence-corrected chi connectivity index (χ2v) is 17.6. The Morgan fingerprint density at radius 3 is 1.74 bits per heavy atom. The molecule has 3 heterocycles. The van der Waals surface area contributed by atoms with E-state index in [-0.39, 0.29) is 0 Å². The Morgan fingerprint density at radius 2 is 1.07 bits per heavy atom. The van der Waals surface area contributed by atoms with Crippen molar-refractivity contribution in [2.75, 3.05) is 4.90 Å². The van der Waals surface area contributed by atoms with Crippen LogP contribution in [0.3, 0.4) is 0 Å². The first kappa shape index (κ1) is 43.2. The highest BCUT2D eigenvalue weighted by atomic mass is 15.2. The lowest BCUT2D eigenvalue weighted by atomic mass is 9.66. The van der Waals surface area contributed by atoms with Gasteiger partial charge in [-0.15, -0.1) is 0 Å². The molecule has 0 N–H and O–H groups in total. The number of fused-ring (bicyclic) bond motifs is 11. The molecule has 1 unspecified atom stereocenters. The van der Waals surface area contributed by atoms with Crippen LogP contribution in [0.2, 0.25) is 0 Å². The molecule has 0 saturated carbocycles. The van der Waals surface area contributed by atoms with Gasteiger partial charge in [-0.2, -0.15) is 0 Å². The van der Waals surface area contributed by atoms with Crippen molar-refractivity contribution < 1.29 is 0 Å². The van der Waals surface area contributed by atoms with E-state index in [0.717, 1.165) is 28.4 Å². The van der Waals surface area contributed by atoms with Gasteiger partial charge in [-0.25, -0.2) is 0 Å². The van der Waals surface area contributed by atoms with Crippen LogP contribution >= 0.6 is 0 Å². The summed E-state index contributed by atoms with van der Waals surface area (Å²) < 4.78 is 4.90. The zero-order valence-electron chi connectivity index (χ0n) is 40.0. The highest BCUT2D eigenvalue weighted by Gasteiger charge is 2.47. The van der Waals surface area contributed by atoms with E-state index < -0.39 is 5.41 Å². The van der Waals surface area contributed by atoms with E-state index in [0.29, 0.717) is 0 Å². The van der Waals surface area contributed by atoms with E-state index >= 15 is 0 Å². The van der Waals surface area contributed by atoms with E-state index in [4.69, 9.17) is 0 Å². The molecule has 0 bridgehead atoms. The smallest absolute Gasteiger partial charge is 0.0711 e. The molecule has 3 heteroatoms. The molecule has 12 rings (SSSR count). The van der Waals surface area contributed by atoms with Crippen molar-refractivity contribution in [3.63, 3.8) is 0 Å². The quantitative estimate of drug-likeness (QED) is 0.139. The van der Waals surface area contributed by atoms with Gasteiger partial charge in [-0.3, -0.25) is 0 Å². The van der Waals surface area contributed by atoms with Gasteiger partial charge < -0.3 is 14.0 Å². The monoisotopic (exact) mass is 889 g/mol. The predicted octanol–water partition coefficient (Wildman–Crippen LogP) is 18.1. The summed E-state index contributed by atoms with van der Waals surface area (Å²) in [5.74, 6) is 0. The fourth-order valence-electron chi connectivity index (χ4n) is 11.5. The van der Waals surface area contributed by atoms with Crippen LogP contribution in [0.5, 0.6) is 0 Å². The number of nitrogens with zero attached hydrogens (tertiary/aromatic N) is 3. The molecular formula is C66H55N3. The molecule has 2 aliphatic rings. The van der Waals surface area contributed by atoms with E-state index in [1.54, 1.807) is 0 Å². The van der Waals surface area contributed by atoms with Gasteiger partial charge in [0.25, 0.3) is 0 Å². The van der Waals surface area contributed by atoms with Crippen LogP contribution in [0, 0.1) is 6.92 Å². The maximum absolute atomic E-state index is 4.14. The summed E-state index contributed by atoms with van der Waals surface area (Å²) in [6.45, 7) is 14.7. The summed E-state index contributed by atoms with van der Waals surface area (Å²) in [5, 5.41) is 2.49. The van der Waals surface area contributed by atoms with Gasteiger partial charge >= 0.3 is 0 Å². The van der Waals surface area contributed by atoms with Gasteiger partial charge in [0.1, 0.15) is 0 Å². The molecule has 8 aromatic carbocycles. The number of anilines is 3. The topological polar surface area (TPSA) is 13.1 Å². The highest BCUT2D eigenvalue weighted by molar-refractivity contribution is 6.13. The molecule has 1 aliphatic carbocycles. The molecule has 334 valence electrons. The largest absolute Gasteiger partial charge is 0.310 e. The lowest BCUT2D eigenvalue weighted by molar-refractivity contribution is 0.764. The molecule has 0 spiro atoms. The number of aromatic nitrogens is 2. The molecule has 0 amide bonds. The number of hydrogen-bond donors (Lipinski definition) is 0. The van der Waals surface area contributed by atoms with Crippen molar-refractivity contribution >= 4 is 44.9 Å². The normalized spacial score (nSPS) is 14.8. The summed E-state index contributed by atoms with van der Waals surface area (Å²) >= 11 is 0. The minimum atomic E-state index is -0.682. The van der Waals surface area contributed by atoms with Crippen LogP contribution in [0.25, 0.3) is 72.8 Å². The fourth-order valence-corrected chi connectivity index (χ4v) is 11.5. The zero-order valence-corrected chi connectivity index (χ0v) is 40.0. The Hall–Kier alpha value is -8.40. The van der Waals surface area contributed by atoms with E-state index in [9.17, 15) is 0 Å². The number of hydrogen-bond acceptors (Lipinski definition) is 1.